The molecule has 0 saturated carbocycles. The number of thioether (sulfide) groups is 1. The molecule has 186 valence electrons. The number of amidine groups is 1. The smallest absolute Gasteiger partial charge is 0.264 e. The van der Waals surface area contributed by atoms with Crippen LogP contribution in [0.4, 0.5) is 5.69 Å². The molecular weight excluding hydrogens is 614 g/mol. The Morgan fingerprint density at radius 3 is 2.27 bits per heavy atom. The van der Waals surface area contributed by atoms with Crippen molar-refractivity contribution < 1.29 is 9.53 Å². The zero-order valence-electron chi connectivity index (χ0n) is 20.2. The molecule has 0 radical (unpaired) electrons. The maximum absolute atomic E-state index is 12.6. The molecule has 37 heavy (non-hydrogen) atoms. The standard InChI is InChI=1S/C29H23Br2N3O2S/c1-18-15-21(16-27-28(35)33-29(37-27)32-24-9-7-23(31)8-10-24)19(2)34(18)25-11-13-26(14-12-25)36-17-20-3-5-22(30)6-4-20/h3-16H,17H2,1-2H3,(H,32,33,35)/b27-16-. The molecule has 0 unspecified atom stereocenters. The van der Waals surface area contributed by atoms with Gasteiger partial charge in [-0.2, -0.15) is 0 Å². The first-order valence-electron chi connectivity index (χ1n) is 11.6. The molecule has 1 fully saturated rings. The first kappa shape index (κ1) is 25.6. The molecule has 1 aliphatic rings. The van der Waals surface area contributed by atoms with Crippen LogP contribution in [-0.4, -0.2) is 15.6 Å². The van der Waals surface area contributed by atoms with Crippen molar-refractivity contribution in [3.8, 4) is 11.4 Å². The maximum Gasteiger partial charge on any atom is 0.264 e. The minimum Gasteiger partial charge on any atom is -0.489 e. The number of halogens is 2. The van der Waals surface area contributed by atoms with E-state index in [1.165, 1.54) is 11.8 Å². The lowest BCUT2D eigenvalue weighted by atomic mass is 10.2. The number of aryl methyl sites for hydroxylation is 1. The third kappa shape index (κ3) is 6.09. The maximum atomic E-state index is 12.6. The van der Waals surface area contributed by atoms with Crippen LogP contribution < -0.4 is 10.1 Å². The van der Waals surface area contributed by atoms with Crippen molar-refractivity contribution in [3.05, 3.63) is 115 Å². The summed E-state index contributed by atoms with van der Waals surface area (Å²) in [5.41, 5.74) is 6.07. The van der Waals surface area contributed by atoms with Gasteiger partial charge in [-0.05, 0) is 110 Å². The van der Waals surface area contributed by atoms with Crippen molar-refractivity contribution >= 4 is 66.5 Å². The lowest BCUT2D eigenvalue weighted by molar-refractivity contribution is -0.115. The van der Waals surface area contributed by atoms with Crippen molar-refractivity contribution in [3.63, 3.8) is 0 Å². The number of aliphatic imine (C=N–C) groups is 1. The second kappa shape index (κ2) is 11.1. The summed E-state index contributed by atoms with van der Waals surface area (Å²) in [6, 6.07) is 25.9. The van der Waals surface area contributed by atoms with Gasteiger partial charge in [-0.15, -0.1) is 0 Å². The van der Waals surface area contributed by atoms with Gasteiger partial charge in [0.05, 0.1) is 10.6 Å². The summed E-state index contributed by atoms with van der Waals surface area (Å²) in [4.78, 5) is 17.8. The number of rotatable bonds is 6. The second-order valence-corrected chi connectivity index (χ2v) is 11.4. The number of nitrogens with one attached hydrogen (secondary N) is 1. The van der Waals surface area contributed by atoms with Gasteiger partial charge in [0.25, 0.3) is 5.91 Å². The quantitative estimate of drug-likeness (QED) is 0.218. The number of carbonyl (C=O) groups excluding carboxylic acids is 1. The summed E-state index contributed by atoms with van der Waals surface area (Å²) in [6.07, 6.45) is 1.93. The Morgan fingerprint density at radius 2 is 1.59 bits per heavy atom. The fourth-order valence-electron chi connectivity index (χ4n) is 4.02. The predicted molar refractivity (Wildman–Crippen MR) is 159 cm³/mol. The number of nitrogens with zero attached hydrogens (tertiary/aromatic N) is 2. The minimum atomic E-state index is -0.141. The van der Waals surface area contributed by atoms with Crippen molar-refractivity contribution in [2.45, 2.75) is 20.5 Å². The Kier molecular flexibility index (Phi) is 7.69. The zero-order chi connectivity index (χ0) is 25.9. The van der Waals surface area contributed by atoms with Gasteiger partial charge in [0.15, 0.2) is 5.17 Å². The van der Waals surface area contributed by atoms with Crippen molar-refractivity contribution in [1.29, 1.82) is 0 Å². The van der Waals surface area contributed by atoms with Crippen LogP contribution in [0.1, 0.15) is 22.5 Å². The number of hydrogen-bond donors (Lipinski definition) is 1. The Hall–Kier alpha value is -3.07. The van der Waals surface area contributed by atoms with E-state index in [1.54, 1.807) is 0 Å². The predicted octanol–water partition coefficient (Wildman–Crippen LogP) is 8.09. The Bertz CT molecular complexity index is 1510. The highest BCUT2D eigenvalue weighted by molar-refractivity contribution is 9.10. The van der Waals surface area contributed by atoms with Crippen LogP contribution in [-0.2, 0) is 11.4 Å². The van der Waals surface area contributed by atoms with E-state index in [2.05, 4.69) is 66.7 Å². The third-order valence-corrected chi connectivity index (χ3v) is 7.85. The van der Waals surface area contributed by atoms with Crippen molar-refractivity contribution in [2.24, 2.45) is 4.99 Å². The number of benzene rings is 3. The molecule has 1 saturated heterocycles. The van der Waals surface area contributed by atoms with Gasteiger partial charge in [-0.3, -0.25) is 4.79 Å². The van der Waals surface area contributed by atoms with E-state index in [0.29, 0.717) is 16.7 Å². The molecule has 0 aliphatic carbocycles. The lowest BCUT2D eigenvalue weighted by Crippen LogP contribution is -2.19. The highest BCUT2D eigenvalue weighted by atomic mass is 79.9. The average molecular weight is 637 g/mol. The lowest BCUT2D eigenvalue weighted by Gasteiger charge is -2.11. The fraction of sp³-hybridized carbons (Fsp3) is 0.103. The van der Waals surface area contributed by atoms with Crippen LogP contribution in [0.5, 0.6) is 5.75 Å². The molecule has 2 heterocycles. The summed E-state index contributed by atoms with van der Waals surface area (Å²) < 4.78 is 10.2. The van der Waals surface area contributed by atoms with E-state index in [0.717, 1.165) is 48.6 Å². The fourth-order valence-corrected chi connectivity index (χ4v) is 5.39. The highest BCUT2D eigenvalue weighted by Gasteiger charge is 2.24. The van der Waals surface area contributed by atoms with E-state index in [4.69, 9.17) is 4.74 Å². The van der Waals surface area contributed by atoms with Gasteiger partial charge in [-0.1, -0.05) is 44.0 Å². The minimum absolute atomic E-state index is 0.141. The summed E-state index contributed by atoms with van der Waals surface area (Å²) in [5.74, 6) is 0.672. The molecule has 0 spiro atoms. The highest BCUT2D eigenvalue weighted by Crippen LogP contribution is 2.31. The van der Waals surface area contributed by atoms with Crippen LogP contribution >= 0.6 is 43.6 Å². The third-order valence-electron chi connectivity index (χ3n) is 5.88. The monoisotopic (exact) mass is 635 g/mol. The largest absolute Gasteiger partial charge is 0.489 e. The SMILES string of the molecule is Cc1cc(/C=C2\SC(=Nc3ccc(Br)cc3)NC2=O)c(C)n1-c1ccc(OCc2ccc(Br)cc2)cc1. The number of aromatic nitrogens is 1. The number of ether oxygens (including phenoxy) is 1. The van der Waals surface area contributed by atoms with Crippen LogP contribution in [0.3, 0.4) is 0 Å². The molecule has 1 N–H and O–H groups in total. The van der Waals surface area contributed by atoms with E-state index < -0.39 is 0 Å². The molecule has 0 atom stereocenters. The Labute approximate surface area is 236 Å². The normalized spacial score (nSPS) is 15.4. The Balaban J connectivity index is 1.31. The molecular formula is C29H23Br2N3O2S. The van der Waals surface area contributed by atoms with Crippen LogP contribution in [0.25, 0.3) is 11.8 Å². The first-order valence-corrected chi connectivity index (χ1v) is 14.0. The molecule has 0 bridgehead atoms. The van der Waals surface area contributed by atoms with Gasteiger partial charge < -0.3 is 14.6 Å². The molecule has 1 amide bonds. The number of amides is 1. The summed E-state index contributed by atoms with van der Waals surface area (Å²) in [7, 11) is 0. The molecule has 3 aromatic carbocycles. The molecule has 1 aromatic heterocycles. The van der Waals surface area contributed by atoms with Crippen molar-refractivity contribution in [2.75, 3.05) is 0 Å². The second-order valence-electron chi connectivity index (χ2n) is 8.53. The molecule has 1 aliphatic heterocycles. The van der Waals surface area contributed by atoms with Crippen molar-refractivity contribution in [1.82, 2.24) is 9.88 Å². The summed E-state index contributed by atoms with van der Waals surface area (Å²) in [6.45, 7) is 4.64. The average Bonchev–Trinajstić information content (AvgIpc) is 3.37. The van der Waals surface area contributed by atoms with Crippen LogP contribution in [0.15, 0.2) is 97.7 Å². The van der Waals surface area contributed by atoms with Gasteiger partial charge in [0, 0.05) is 26.0 Å². The van der Waals surface area contributed by atoms with E-state index in [-0.39, 0.29) is 5.91 Å². The summed E-state index contributed by atoms with van der Waals surface area (Å²) in [5, 5.41) is 3.44. The van der Waals surface area contributed by atoms with E-state index in [9.17, 15) is 4.79 Å². The van der Waals surface area contributed by atoms with E-state index in [1.807, 2.05) is 78.9 Å². The Morgan fingerprint density at radius 1 is 0.946 bits per heavy atom. The van der Waals surface area contributed by atoms with Crippen LogP contribution in [0.2, 0.25) is 0 Å². The number of carbonyl (C=O) groups is 1. The van der Waals surface area contributed by atoms with Gasteiger partial charge in [-0.25, -0.2) is 4.99 Å². The van der Waals surface area contributed by atoms with Gasteiger partial charge in [0.2, 0.25) is 0 Å². The molecule has 5 nitrogen and oxygen atoms in total. The van der Waals surface area contributed by atoms with Crippen LogP contribution in [0, 0.1) is 13.8 Å². The van der Waals surface area contributed by atoms with E-state index >= 15 is 0 Å². The molecule has 8 heteroatoms. The molecule has 4 aromatic rings. The summed E-state index contributed by atoms with van der Waals surface area (Å²) >= 11 is 8.23. The number of hydrogen-bond acceptors (Lipinski definition) is 4. The first-order chi connectivity index (χ1) is 17.9. The molecule has 5 rings (SSSR count). The van der Waals surface area contributed by atoms with Gasteiger partial charge in [0.1, 0.15) is 12.4 Å². The van der Waals surface area contributed by atoms with Gasteiger partial charge >= 0.3 is 0 Å². The topological polar surface area (TPSA) is 55.6 Å². The zero-order valence-corrected chi connectivity index (χ0v) is 24.2.